The first-order chi connectivity index (χ1) is 12.2. The van der Waals surface area contributed by atoms with Crippen LogP contribution in [0.4, 0.5) is 0 Å². The third kappa shape index (κ3) is 4.45. The van der Waals surface area contributed by atoms with Crippen LogP contribution in [0, 0.1) is 5.41 Å². The number of hydrogen-bond donors (Lipinski definition) is 0. The van der Waals surface area contributed by atoms with Gasteiger partial charge in [0.15, 0.2) is 11.6 Å². The van der Waals surface area contributed by atoms with Crippen LogP contribution in [0.15, 0.2) is 60.7 Å². The molecule has 0 aliphatic rings. The molecule has 0 amide bonds. The van der Waals surface area contributed by atoms with Crippen LogP contribution in [-0.4, -0.2) is 11.6 Å². The Balaban J connectivity index is 2.47. The van der Waals surface area contributed by atoms with Crippen molar-refractivity contribution in [3.05, 3.63) is 71.8 Å². The van der Waals surface area contributed by atoms with Gasteiger partial charge in [-0.05, 0) is 12.8 Å². The summed E-state index contributed by atoms with van der Waals surface area (Å²) >= 11 is 0. The molecule has 0 aliphatic heterocycles. The van der Waals surface area contributed by atoms with E-state index in [0.29, 0.717) is 24.0 Å². The van der Waals surface area contributed by atoms with E-state index in [9.17, 15) is 9.59 Å². The molecule has 0 saturated carbocycles. The Morgan fingerprint density at radius 3 is 1.56 bits per heavy atom. The molecule has 0 aliphatic carbocycles. The summed E-state index contributed by atoms with van der Waals surface area (Å²) in [6.07, 6.45) is 5.03. The van der Waals surface area contributed by atoms with Gasteiger partial charge in [0, 0.05) is 11.1 Å². The number of hydrogen-bond acceptors (Lipinski definition) is 2. The van der Waals surface area contributed by atoms with Gasteiger partial charge >= 0.3 is 0 Å². The third-order valence-corrected chi connectivity index (χ3v) is 4.83. The minimum absolute atomic E-state index is 0.0279. The minimum Gasteiger partial charge on any atom is -0.293 e. The van der Waals surface area contributed by atoms with Crippen molar-refractivity contribution in [3.63, 3.8) is 0 Å². The Morgan fingerprint density at radius 2 is 1.16 bits per heavy atom. The topological polar surface area (TPSA) is 34.1 Å². The molecule has 0 radical (unpaired) electrons. The molecule has 0 fully saturated rings. The fraction of sp³-hybridized carbons (Fsp3) is 0.391. The molecular formula is C23H28O2. The van der Waals surface area contributed by atoms with E-state index >= 15 is 0 Å². The predicted molar refractivity (Wildman–Crippen MR) is 103 cm³/mol. The Bertz CT molecular complexity index is 622. The molecule has 0 unspecified atom stereocenters. The molecule has 2 heteroatoms. The van der Waals surface area contributed by atoms with E-state index in [1.807, 2.05) is 67.6 Å². The zero-order valence-corrected chi connectivity index (χ0v) is 15.3. The van der Waals surface area contributed by atoms with Crippen LogP contribution in [0.25, 0.3) is 0 Å². The van der Waals surface area contributed by atoms with Gasteiger partial charge in [-0.2, -0.15) is 0 Å². The van der Waals surface area contributed by atoms with Gasteiger partial charge in [-0.1, -0.05) is 100 Å². The van der Waals surface area contributed by atoms with Crippen molar-refractivity contribution in [2.75, 3.05) is 0 Å². The zero-order chi connectivity index (χ0) is 18.1. The molecule has 2 aromatic carbocycles. The molecule has 0 spiro atoms. The molecule has 2 rings (SSSR count). The number of ketones is 2. The lowest BCUT2D eigenvalue weighted by molar-refractivity contribution is 0.0622. The largest absolute Gasteiger partial charge is 0.293 e. The number of rotatable bonds is 10. The van der Waals surface area contributed by atoms with Gasteiger partial charge in [-0.15, -0.1) is 0 Å². The highest BCUT2D eigenvalue weighted by atomic mass is 16.2. The van der Waals surface area contributed by atoms with E-state index in [2.05, 4.69) is 6.92 Å². The first kappa shape index (κ1) is 19.1. The molecule has 25 heavy (non-hydrogen) atoms. The summed E-state index contributed by atoms with van der Waals surface area (Å²) in [4.78, 5) is 26.9. The van der Waals surface area contributed by atoms with Crippen molar-refractivity contribution in [2.45, 2.75) is 52.4 Å². The van der Waals surface area contributed by atoms with E-state index in [4.69, 9.17) is 0 Å². The molecule has 0 saturated heterocycles. The fourth-order valence-corrected chi connectivity index (χ4v) is 3.52. The lowest BCUT2D eigenvalue weighted by Crippen LogP contribution is -2.39. The lowest BCUT2D eigenvalue weighted by Gasteiger charge is -2.31. The third-order valence-electron chi connectivity index (χ3n) is 4.83. The van der Waals surface area contributed by atoms with Gasteiger partial charge in [-0.25, -0.2) is 0 Å². The fourth-order valence-electron chi connectivity index (χ4n) is 3.52. The summed E-state index contributed by atoms with van der Waals surface area (Å²) < 4.78 is 0. The van der Waals surface area contributed by atoms with Gasteiger partial charge in [0.1, 0.15) is 0 Å². The quantitative estimate of drug-likeness (QED) is 0.297. The summed E-state index contributed by atoms with van der Waals surface area (Å²) in [6, 6.07) is 18.5. The second-order valence-corrected chi connectivity index (χ2v) is 6.68. The molecule has 132 valence electrons. The summed E-state index contributed by atoms with van der Waals surface area (Å²) in [5, 5.41) is 0. The maximum atomic E-state index is 13.4. The predicted octanol–water partition coefficient (Wildman–Crippen LogP) is 6.12. The first-order valence-corrected chi connectivity index (χ1v) is 9.35. The first-order valence-electron chi connectivity index (χ1n) is 9.35. The second kappa shape index (κ2) is 9.31. The van der Waals surface area contributed by atoms with E-state index in [-0.39, 0.29) is 11.6 Å². The van der Waals surface area contributed by atoms with Gasteiger partial charge < -0.3 is 0 Å². The Hall–Kier alpha value is -2.22. The van der Waals surface area contributed by atoms with E-state index in [1.165, 1.54) is 0 Å². The van der Waals surface area contributed by atoms with Gasteiger partial charge in [0.2, 0.25) is 0 Å². The summed E-state index contributed by atoms with van der Waals surface area (Å²) in [6.45, 7) is 4.19. The van der Waals surface area contributed by atoms with Crippen molar-refractivity contribution < 1.29 is 9.59 Å². The lowest BCUT2D eigenvalue weighted by atomic mass is 9.68. The number of carbonyl (C=O) groups excluding carboxylic acids is 2. The monoisotopic (exact) mass is 336 g/mol. The molecule has 0 N–H and O–H groups in total. The van der Waals surface area contributed by atoms with Crippen molar-refractivity contribution >= 4 is 11.6 Å². The standard InChI is InChI=1S/C23H28O2/c1-3-5-12-18-23(17-4-2,21(24)19-13-8-6-9-14-19)22(25)20-15-10-7-11-16-20/h6-11,13-16H,3-5,12,17-18H2,1-2H3. The average Bonchev–Trinajstić information content (AvgIpc) is 2.67. The minimum atomic E-state index is -0.952. The van der Waals surface area contributed by atoms with E-state index < -0.39 is 5.41 Å². The highest BCUT2D eigenvalue weighted by molar-refractivity contribution is 6.19. The van der Waals surface area contributed by atoms with Crippen LogP contribution in [0.3, 0.4) is 0 Å². The summed E-state index contributed by atoms with van der Waals surface area (Å²) in [5.74, 6) is -0.0557. The Labute approximate surface area is 151 Å². The maximum absolute atomic E-state index is 13.4. The van der Waals surface area contributed by atoms with Crippen molar-refractivity contribution in [3.8, 4) is 0 Å². The van der Waals surface area contributed by atoms with E-state index in [0.717, 1.165) is 25.7 Å². The van der Waals surface area contributed by atoms with Crippen LogP contribution in [-0.2, 0) is 0 Å². The van der Waals surface area contributed by atoms with Crippen LogP contribution < -0.4 is 0 Å². The van der Waals surface area contributed by atoms with Gasteiger partial charge in [-0.3, -0.25) is 9.59 Å². The SMILES string of the molecule is CCCCCC(CCC)(C(=O)c1ccccc1)C(=O)c1ccccc1. The van der Waals surface area contributed by atoms with Gasteiger partial charge in [0.05, 0.1) is 5.41 Å². The number of carbonyl (C=O) groups is 2. The maximum Gasteiger partial charge on any atom is 0.176 e. The average molecular weight is 336 g/mol. The van der Waals surface area contributed by atoms with Crippen molar-refractivity contribution in [1.82, 2.24) is 0 Å². The summed E-state index contributed by atoms with van der Waals surface area (Å²) in [7, 11) is 0. The molecule has 0 aromatic heterocycles. The molecule has 0 atom stereocenters. The zero-order valence-electron chi connectivity index (χ0n) is 15.3. The van der Waals surface area contributed by atoms with E-state index in [1.54, 1.807) is 0 Å². The highest BCUT2D eigenvalue weighted by Crippen LogP contribution is 2.38. The van der Waals surface area contributed by atoms with Crippen molar-refractivity contribution in [2.24, 2.45) is 5.41 Å². The van der Waals surface area contributed by atoms with Crippen LogP contribution in [0.1, 0.15) is 73.1 Å². The smallest absolute Gasteiger partial charge is 0.176 e. The Kier molecular flexibility index (Phi) is 7.12. The summed E-state index contributed by atoms with van der Waals surface area (Å²) in [5.41, 5.74) is 0.320. The van der Waals surface area contributed by atoms with Gasteiger partial charge in [0.25, 0.3) is 0 Å². The number of benzene rings is 2. The number of unbranched alkanes of at least 4 members (excludes halogenated alkanes) is 2. The van der Waals surface area contributed by atoms with Crippen LogP contribution in [0.2, 0.25) is 0 Å². The molecule has 2 aromatic rings. The van der Waals surface area contributed by atoms with Crippen LogP contribution >= 0.6 is 0 Å². The molecular weight excluding hydrogens is 308 g/mol. The molecule has 0 bridgehead atoms. The van der Waals surface area contributed by atoms with Crippen LogP contribution in [0.5, 0.6) is 0 Å². The second-order valence-electron chi connectivity index (χ2n) is 6.68. The molecule has 2 nitrogen and oxygen atoms in total. The Morgan fingerprint density at radius 1 is 0.680 bits per heavy atom. The molecule has 0 heterocycles. The number of Topliss-reactive ketones (excluding diaryl/α,β-unsaturated/α-hetero) is 2. The highest BCUT2D eigenvalue weighted by Gasteiger charge is 2.44. The van der Waals surface area contributed by atoms with Crippen molar-refractivity contribution in [1.29, 1.82) is 0 Å². The normalized spacial score (nSPS) is 11.3.